The molecule has 1 heterocycles. The molecule has 0 aliphatic rings. The van der Waals surface area contributed by atoms with Gasteiger partial charge in [0.2, 0.25) is 10.0 Å². The molecule has 170 valence electrons. The average molecular weight is 502 g/mol. The summed E-state index contributed by atoms with van der Waals surface area (Å²) >= 11 is 5.96. The van der Waals surface area contributed by atoms with E-state index in [1.165, 1.54) is 13.1 Å². The van der Waals surface area contributed by atoms with Gasteiger partial charge in [0, 0.05) is 16.8 Å². The molecule has 1 aromatic heterocycles. The van der Waals surface area contributed by atoms with Gasteiger partial charge in [0.05, 0.1) is 20.8 Å². The fourth-order valence-electron chi connectivity index (χ4n) is 3.46. The summed E-state index contributed by atoms with van der Waals surface area (Å²) in [6.45, 7) is 0. The second-order valence-electron chi connectivity index (χ2n) is 7.35. The highest BCUT2D eigenvalue weighted by molar-refractivity contribution is 7.90. The first-order valence-corrected chi connectivity index (χ1v) is 13.5. The number of hydrogen-bond donors (Lipinski definition) is 2. The van der Waals surface area contributed by atoms with Crippen LogP contribution in [-0.4, -0.2) is 40.1 Å². The summed E-state index contributed by atoms with van der Waals surface area (Å²) in [6, 6.07) is 16.9. The van der Waals surface area contributed by atoms with Crippen LogP contribution in [0.3, 0.4) is 0 Å². The van der Waals surface area contributed by atoms with Gasteiger partial charge in [-0.3, -0.25) is 0 Å². The van der Waals surface area contributed by atoms with Crippen molar-refractivity contribution < 1.29 is 16.8 Å². The minimum atomic E-state index is -3.63. The summed E-state index contributed by atoms with van der Waals surface area (Å²) in [5.74, 6) is 0.521. The van der Waals surface area contributed by atoms with Gasteiger partial charge in [-0.2, -0.15) is 0 Å². The second-order valence-corrected chi connectivity index (χ2v) is 11.6. The molecule has 0 unspecified atom stereocenters. The molecule has 4 aromatic rings. The van der Waals surface area contributed by atoms with Crippen LogP contribution in [0.1, 0.15) is 11.4 Å². The van der Waals surface area contributed by atoms with Crippen LogP contribution in [0.5, 0.6) is 0 Å². The van der Waals surface area contributed by atoms with Crippen molar-refractivity contribution in [2.24, 2.45) is 0 Å². The largest absolute Gasteiger partial charge is 0.338 e. The SMILES string of the molecule is CNS(=O)(=O)c1ccccc1-c1ccc2nc(C=Cc3ccc(Cl)cc3S(C)(=O)=O)[nH]c2c1. The van der Waals surface area contributed by atoms with Crippen molar-refractivity contribution in [2.75, 3.05) is 13.3 Å². The number of nitrogens with zero attached hydrogens (tertiary/aromatic N) is 1. The van der Waals surface area contributed by atoms with E-state index in [9.17, 15) is 16.8 Å². The number of hydrogen-bond acceptors (Lipinski definition) is 5. The molecule has 10 heteroatoms. The highest BCUT2D eigenvalue weighted by Gasteiger charge is 2.17. The van der Waals surface area contributed by atoms with E-state index < -0.39 is 19.9 Å². The van der Waals surface area contributed by atoms with E-state index in [1.54, 1.807) is 54.6 Å². The van der Waals surface area contributed by atoms with Gasteiger partial charge in [0.1, 0.15) is 5.82 Å². The van der Waals surface area contributed by atoms with Gasteiger partial charge in [-0.15, -0.1) is 0 Å². The van der Waals surface area contributed by atoms with E-state index >= 15 is 0 Å². The van der Waals surface area contributed by atoms with Gasteiger partial charge >= 0.3 is 0 Å². The van der Waals surface area contributed by atoms with Crippen LogP contribution in [0.25, 0.3) is 34.3 Å². The van der Waals surface area contributed by atoms with Crippen molar-refractivity contribution in [3.05, 3.63) is 77.1 Å². The van der Waals surface area contributed by atoms with E-state index in [4.69, 9.17) is 11.6 Å². The van der Waals surface area contributed by atoms with Gasteiger partial charge < -0.3 is 4.98 Å². The lowest BCUT2D eigenvalue weighted by Crippen LogP contribution is -2.19. The minimum absolute atomic E-state index is 0.131. The van der Waals surface area contributed by atoms with Gasteiger partial charge in [-0.1, -0.05) is 41.9 Å². The Hall–Kier alpha value is -2.98. The molecular formula is C23H20ClN3O4S2. The molecule has 4 rings (SSSR count). The van der Waals surface area contributed by atoms with E-state index in [0.717, 1.165) is 6.26 Å². The zero-order valence-corrected chi connectivity index (χ0v) is 20.1. The third kappa shape index (κ3) is 4.86. The maximum atomic E-state index is 12.4. The Morgan fingerprint density at radius 2 is 1.70 bits per heavy atom. The molecule has 0 amide bonds. The summed E-state index contributed by atoms with van der Waals surface area (Å²) in [5.41, 5.74) is 3.18. The van der Waals surface area contributed by atoms with Crippen molar-refractivity contribution in [3.63, 3.8) is 0 Å². The van der Waals surface area contributed by atoms with Crippen molar-refractivity contribution in [3.8, 4) is 11.1 Å². The van der Waals surface area contributed by atoms with Crippen LogP contribution in [-0.2, 0) is 19.9 Å². The van der Waals surface area contributed by atoms with E-state index in [0.29, 0.717) is 38.6 Å². The molecule has 7 nitrogen and oxygen atoms in total. The van der Waals surface area contributed by atoms with Gasteiger partial charge in [-0.05, 0) is 60.7 Å². The lowest BCUT2D eigenvalue weighted by Gasteiger charge is -2.09. The van der Waals surface area contributed by atoms with Crippen molar-refractivity contribution in [2.45, 2.75) is 9.79 Å². The number of rotatable bonds is 6. The molecule has 0 spiro atoms. The molecule has 33 heavy (non-hydrogen) atoms. The number of nitrogens with one attached hydrogen (secondary N) is 2. The third-order valence-electron chi connectivity index (χ3n) is 5.05. The fourth-order valence-corrected chi connectivity index (χ4v) is 5.56. The first-order chi connectivity index (χ1) is 15.6. The lowest BCUT2D eigenvalue weighted by molar-refractivity contribution is 0.588. The Morgan fingerprint density at radius 1 is 0.939 bits per heavy atom. The Labute approximate surface area is 197 Å². The van der Waals surface area contributed by atoms with Crippen molar-refractivity contribution in [1.82, 2.24) is 14.7 Å². The molecule has 2 N–H and O–H groups in total. The summed E-state index contributed by atoms with van der Waals surface area (Å²) in [7, 11) is -5.72. The summed E-state index contributed by atoms with van der Waals surface area (Å²) in [6.07, 6.45) is 4.46. The van der Waals surface area contributed by atoms with Gasteiger partial charge in [0.25, 0.3) is 0 Å². The Kier molecular flexibility index (Phi) is 6.15. The van der Waals surface area contributed by atoms with E-state index in [1.807, 2.05) is 12.1 Å². The zero-order chi connectivity index (χ0) is 23.8. The number of H-pyrrole nitrogens is 1. The highest BCUT2D eigenvalue weighted by atomic mass is 35.5. The lowest BCUT2D eigenvalue weighted by atomic mass is 10.1. The molecule has 0 saturated carbocycles. The Morgan fingerprint density at radius 3 is 2.42 bits per heavy atom. The number of sulfone groups is 1. The summed E-state index contributed by atoms with van der Waals surface area (Å²) in [5, 5.41) is 0.337. The maximum Gasteiger partial charge on any atom is 0.240 e. The number of aromatic nitrogens is 2. The minimum Gasteiger partial charge on any atom is -0.338 e. The molecular weight excluding hydrogens is 482 g/mol. The number of benzene rings is 3. The molecule has 0 saturated heterocycles. The van der Waals surface area contributed by atoms with Crippen LogP contribution < -0.4 is 4.72 Å². The second kappa shape index (κ2) is 8.75. The summed E-state index contributed by atoms with van der Waals surface area (Å²) in [4.78, 5) is 8.00. The fraction of sp³-hybridized carbons (Fsp3) is 0.0870. The number of halogens is 1. The maximum absolute atomic E-state index is 12.4. The van der Waals surface area contributed by atoms with Crippen molar-refractivity contribution >= 4 is 54.6 Å². The number of imidazole rings is 1. The zero-order valence-electron chi connectivity index (χ0n) is 17.7. The van der Waals surface area contributed by atoms with Gasteiger partial charge in [0.15, 0.2) is 9.84 Å². The van der Waals surface area contributed by atoms with Gasteiger partial charge in [-0.25, -0.2) is 26.5 Å². The van der Waals surface area contributed by atoms with Crippen LogP contribution in [0.2, 0.25) is 5.02 Å². The topological polar surface area (TPSA) is 109 Å². The smallest absolute Gasteiger partial charge is 0.240 e. The standard InChI is InChI=1S/C23H20ClN3O4S2/c1-25-33(30,31)21-6-4-3-5-18(21)16-8-11-19-20(13-16)27-23(26-19)12-9-15-7-10-17(24)14-22(15)32(2,28)29/h3-14,25H,1-2H3,(H,26,27). The molecule has 0 radical (unpaired) electrons. The number of sulfonamides is 1. The monoisotopic (exact) mass is 501 g/mol. The van der Waals surface area contributed by atoms with Crippen LogP contribution in [0, 0.1) is 0 Å². The molecule has 0 fully saturated rings. The Bertz CT molecular complexity index is 1610. The average Bonchev–Trinajstić information content (AvgIpc) is 3.19. The van der Waals surface area contributed by atoms with E-state index in [2.05, 4.69) is 14.7 Å². The predicted octanol–water partition coefficient (Wildman–Crippen LogP) is 4.37. The number of aromatic amines is 1. The van der Waals surface area contributed by atoms with E-state index in [-0.39, 0.29) is 9.79 Å². The van der Waals surface area contributed by atoms with Crippen LogP contribution in [0.15, 0.2) is 70.5 Å². The Balaban J connectivity index is 1.73. The van der Waals surface area contributed by atoms with Crippen LogP contribution in [0.4, 0.5) is 0 Å². The van der Waals surface area contributed by atoms with Crippen LogP contribution >= 0.6 is 11.6 Å². The molecule has 0 aliphatic carbocycles. The third-order valence-corrected chi connectivity index (χ3v) is 7.91. The molecule has 3 aromatic carbocycles. The molecule has 0 atom stereocenters. The first kappa shape index (κ1) is 23.2. The summed E-state index contributed by atoms with van der Waals surface area (Å²) < 4.78 is 51.3. The quantitative estimate of drug-likeness (QED) is 0.408. The number of fused-ring (bicyclic) bond motifs is 1. The normalized spacial score (nSPS) is 12.6. The first-order valence-electron chi connectivity index (χ1n) is 9.79. The van der Waals surface area contributed by atoms with Crippen molar-refractivity contribution in [1.29, 1.82) is 0 Å². The molecule has 0 bridgehead atoms. The predicted molar refractivity (Wildman–Crippen MR) is 131 cm³/mol. The molecule has 0 aliphatic heterocycles. The highest BCUT2D eigenvalue weighted by Crippen LogP contribution is 2.29.